The molecule has 5 nitrogen and oxygen atoms in total. The first-order chi connectivity index (χ1) is 9.69. The highest BCUT2D eigenvalue weighted by molar-refractivity contribution is 8.00. The first-order valence-corrected chi connectivity index (χ1v) is 7.99. The highest BCUT2D eigenvalue weighted by Gasteiger charge is 2.09. The van der Waals surface area contributed by atoms with E-state index in [1.165, 1.54) is 11.5 Å². The highest BCUT2D eigenvalue weighted by atomic mass is 32.2. The van der Waals surface area contributed by atoms with E-state index in [0.29, 0.717) is 17.8 Å². The Balaban J connectivity index is 1.72. The van der Waals surface area contributed by atoms with Crippen LogP contribution in [0.4, 0.5) is 0 Å². The average Bonchev–Trinajstić information content (AvgIpc) is 2.92. The van der Waals surface area contributed by atoms with Gasteiger partial charge in [-0.2, -0.15) is 4.37 Å². The summed E-state index contributed by atoms with van der Waals surface area (Å²) in [6, 6.07) is 6.70. The van der Waals surface area contributed by atoms with Gasteiger partial charge in [-0.25, -0.2) is 4.98 Å². The van der Waals surface area contributed by atoms with Crippen LogP contribution in [0.15, 0.2) is 28.6 Å². The maximum absolute atomic E-state index is 8.98. The highest BCUT2D eigenvalue weighted by Crippen LogP contribution is 2.20. The molecule has 1 aromatic heterocycles. The van der Waals surface area contributed by atoms with Crippen LogP contribution in [0.5, 0.6) is 5.75 Å². The Hall–Kier alpha value is -1.09. The van der Waals surface area contributed by atoms with Crippen LogP contribution in [0, 0.1) is 0 Å². The molecule has 2 aromatic rings. The molecule has 0 spiro atoms. The van der Waals surface area contributed by atoms with Gasteiger partial charge in [0, 0.05) is 12.2 Å². The van der Waals surface area contributed by atoms with Gasteiger partial charge in [0.1, 0.15) is 11.6 Å². The second-order valence-electron chi connectivity index (χ2n) is 3.97. The molecule has 0 aliphatic heterocycles. The monoisotopic (exact) mass is 310 g/mol. The lowest BCUT2D eigenvalue weighted by Gasteiger charge is -2.06. The summed E-state index contributed by atoms with van der Waals surface area (Å²) < 4.78 is 10.7. The normalized spacial score (nSPS) is 10.6. The minimum atomic E-state index is -1.44. The van der Waals surface area contributed by atoms with E-state index < -0.39 is 7.12 Å². The quantitative estimate of drug-likeness (QED) is 0.450. The van der Waals surface area contributed by atoms with Crippen molar-refractivity contribution in [3.63, 3.8) is 0 Å². The molecule has 0 saturated carbocycles. The van der Waals surface area contributed by atoms with Crippen molar-refractivity contribution in [2.24, 2.45) is 0 Å². The lowest BCUT2D eigenvalue weighted by atomic mass is 9.80. The van der Waals surface area contributed by atoms with E-state index in [1.54, 1.807) is 36.0 Å². The summed E-state index contributed by atoms with van der Waals surface area (Å²) in [6.45, 7) is 2.60. The van der Waals surface area contributed by atoms with Gasteiger partial charge in [-0.3, -0.25) is 0 Å². The van der Waals surface area contributed by atoms with Crippen LogP contribution < -0.4 is 10.2 Å². The van der Waals surface area contributed by atoms with Crippen LogP contribution in [-0.4, -0.2) is 38.9 Å². The molecule has 0 aliphatic rings. The second kappa shape index (κ2) is 7.63. The van der Waals surface area contributed by atoms with E-state index in [9.17, 15) is 0 Å². The first kappa shape index (κ1) is 15.3. The molecule has 2 N–H and O–H groups in total. The van der Waals surface area contributed by atoms with Crippen molar-refractivity contribution in [2.45, 2.75) is 17.7 Å². The largest absolute Gasteiger partial charge is 0.493 e. The van der Waals surface area contributed by atoms with Crippen molar-refractivity contribution in [3.8, 4) is 5.75 Å². The van der Waals surface area contributed by atoms with Crippen molar-refractivity contribution in [3.05, 3.63) is 30.1 Å². The molecule has 0 amide bonds. The first-order valence-electron chi connectivity index (χ1n) is 6.23. The molecular weight excluding hydrogens is 295 g/mol. The van der Waals surface area contributed by atoms with Gasteiger partial charge in [0.15, 0.2) is 4.34 Å². The molecule has 106 valence electrons. The Bertz CT molecular complexity index is 534. The molecule has 2 rings (SSSR count). The minimum absolute atomic E-state index is 0.452. The molecule has 0 atom stereocenters. The molecule has 1 heterocycles. The fourth-order valence-electron chi connectivity index (χ4n) is 1.46. The van der Waals surface area contributed by atoms with Gasteiger partial charge in [0.25, 0.3) is 0 Å². The van der Waals surface area contributed by atoms with E-state index >= 15 is 0 Å². The Labute approximate surface area is 126 Å². The number of hydrogen-bond donors (Lipinski definition) is 2. The van der Waals surface area contributed by atoms with Crippen molar-refractivity contribution < 1.29 is 14.8 Å². The van der Waals surface area contributed by atoms with Gasteiger partial charge in [0.05, 0.1) is 6.61 Å². The third-order valence-electron chi connectivity index (χ3n) is 2.52. The van der Waals surface area contributed by atoms with Crippen LogP contribution in [0.25, 0.3) is 0 Å². The predicted octanol–water partition coefficient (Wildman–Crippen LogP) is 0.951. The summed E-state index contributed by atoms with van der Waals surface area (Å²) in [4.78, 5) is 4.36. The fraction of sp³-hybridized carbons (Fsp3) is 0.333. The van der Waals surface area contributed by atoms with E-state index in [4.69, 9.17) is 14.8 Å². The summed E-state index contributed by atoms with van der Waals surface area (Å²) >= 11 is 3.04. The Morgan fingerprint density at radius 1 is 1.30 bits per heavy atom. The molecule has 0 saturated heterocycles. The van der Waals surface area contributed by atoms with E-state index in [0.717, 1.165) is 22.3 Å². The van der Waals surface area contributed by atoms with E-state index in [-0.39, 0.29) is 0 Å². The topological polar surface area (TPSA) is 75.5 Å². The molecule has 8 heteroatoms. The Morgan fingerprint density at radius 3 is 2.65 bits per heavy atom. The molecule has 0 fully saturated rings. The number of aryl methyl sites for hydroxylation is 1. The number of aromatic nitrogens is 2. The Morgan fingerprint density at radius 2 is 2.05 bits per heavy atom. The number of rotatable bonds is 7. The summed E-state index contributed by atoms with van der Waals surface area (Å²) in [7, 11) is -1.44. The zero-order chi connectivity index (χ0) is 14.4. The molecular formula is C12H15BN2O3S2. The van der Waals surface area contributed by atoms with Crippen molar-refractivity contribution in [1.82, 2.24) is 9.36 Å². The van der Waals surface area contributed by atoms with Crippen molar-refractivity contribution in [2.75, 3.05) is 12.4 Å². The van der Waals surface area contributed by atoms with Crippen molar-refractivity contribution in [1.29, 1.82) is 0 Å². The van der Waals surface area contributed by atoms with Gasteiger partial charge in [-0.1, -0.05) is 30.8 Å². The van der Waals surface area contributed by atoms with E-state index in [1.807, 2.05) is 6.92 Å². The summed E-state index contributed by atoms with van der Waals surface area (Å²) in [5.74, 6) is 2.39. The second-order valence-corrected chi connectivity index (χ2v) is 6.06. The molecule has 0 bridgehead atoms. The molecule has 0 aliphatic carbocycles. The van der Waals surface area contributed by atoms with Gasteiger partial charge in [-0.05, 0) is 29.1 Å². The van der Waals surface area contributed by atoms with Crippen LogP contribution in [0.2, 0.25) is 0 Å². The standard InChI is InChI=1S/C12H15BN2O3S2/c1-2-11-14-12(20-15-11)19-8-7-18-10-5-3-9(4-6-10)13(16)17/h3-6,16-17H,2,7-8H2,1H3. The maximum atomic E-state index is 8.98. The number of ether oxygens (including phenoxy) is 1. The number of benzene rings is 1. The number of thioether (sulfide) groups is 1. The molecule has 1 aromatic carbocycles. The van der Waals surface area contributed by atoms with Gasteiger partial charge in [-0.15, -0.1) is 0 Å². The molecule has 0 unspecified atom stereocenters. The SMILES string of the molecule is CCc1nsc(SCCOc2ccc(B(O)O)cc2)n1. The zero-order valence-corrected chi connectivity index (χ0v) is 12.7. The van der Waals surface area contributed by atoms with Gasteiger partial charge < -0.3 is 14.8 Å². The van der Waals surface area contributed by atoms with E-state index in [2.05, 4.69) is 9.36 Å². The van der Waals surface area contributed by atoms with Crippen LogP contribution in [-0.2, 0) is 6.42 Å². The molecule has 0 radical (unpaired) electrons. The summed E-state index contributed by atoms with van der Waals surface area (Å²) in [5, 5.41) is 18.0. The van der Waals surface area contributed by atoms with Crippen LogP contribution in [0.1, 0.15) is 12.7 Å². The maximum Gasteiger partial charge on any atom is 0.488 e. The Kier molecular flexibility index (Phi) is 5.84. The van der Waals surface area contributed by atoms with Gasteiger partial charge >= 0.3 is 7.12 Å². The summed E-state index contributed by atoms with van der Waals surface area (Å²) in [5.41, 5.74) is 0.452. The van der Waals surface area contributed by atoms with Crippen LogP contribution >= 0.6 is 23.3 Å². The number of nitrogens with zero attached hydrogens (tertiary/aromatic N) is 2. The molecule has 20 heavy (non-hydrogen) atoms. The third-order valence-corrected chi connectivity index (χ3v) is 4.36. The fourth-order valence-corrected chi connectivity index (χ4v) is 3.05. The lowest BCUT2D eigenvalue weighted by Crippen LogP contribution is -2.29. The smallest absolute Gasteiger partial charge is 0.488 e. The third kappa shape index (κ3) is 4.48. The predicted molar refractivity (Wildman–Crippen MR) is 81.8 cm³/mol. The lowest BCUT2D eigenvalue weighted by molar-refractivity contribution is 0.344. The average molecular weight is 310 g/mol. The number of hydrogen-bond acceptors (Lipinski definition) is 7. The van der Waals surface area contributed by atoms with Gasteiger partial charge in [0.2, 0.25) is 0 Å². The summed E-state index contributed by atoms with van der Waals surface area (Å²) in [6.07, 6.45) is 0.858. The van der Waals surface area contributed by atoms with Crippen LogP contribution in [0.3, 0.4) is 0 Å². The zero-order valence-electron chi connectivity index (χ0n) is 11.0. The minimum Gasteiger partial charge on any atom is -0.493 e. The van der Waals surface area contributed by atoms with Crippen molar-refractivity contribution >= 4 is 35.9 Å².